The molecule has 9 nitrogen and oxygen atoms in total. The highest BCUT2D eigenvalue weighted by Gasteiger charge is 2.55. The molecule has 0 bridgehead atoms. The van der Waals surface area contributed by atoms with Crippen molar-refractivity contribution in [2.45, 2.75) is 62.2 Å². The highest BCUT2D eigenvalue weighted by Crippen LogP contribution is 2.50. The van der Waals surface area contributed by atoms with Crippen molar-refractivity contribution in [2.24, 2.45) is 5.73 Å². The number of nitrogens with one attached hydrogen (secondary N) is 1. The second-order valence-corrected chi connectivity index (χ2v) is 9.08. The summed E-state index contributed by atoms with van der Waals surface area (Å²) in [6.07, 6.45) is -2.73. The van der Waals surface area contributed by atoms with Crippen LogP contribution in [-0.2, 0) is 24.6 Å². The SMILES string of the molecule is CCC(Cl)C(=O)N(CC(N)=O)NC(=O)[C@@H]1CCCN1C(=O)C1(c2ccc(OC(F)(F)F)cc2)CC1. The summed E-state index contributed by atoms with van der Waals surface area (Å²) >= 11 is 5.97. The van der Waals surface area contributed by atoms with Crippen molar-refractivity contribution >= 4 is 35.2 Å². The average Bonchev–Trinajstić information content (AvgIpc) is 3.45. The molecule has 1 unspecified atom stereocenters. The van der Waals surface area contributed by atoms with Gasteiger partial charge in [-0.05, 0) is 49.8 Å². The summed E-state index contributed by atoms with van der Waals surface area (Å²) in [6.45, 7) is 1.38. The van der Waals surface area contributed by atoms with Gasteiger partial charge in [0.25, 0.3) is 11.8 Å². The fourth-order valence-corrected chi connectivity index (χ4v) is 4.28. The average molecular weight is 519 g/mol. The Morgan fingerprint density at radius 1 is 1.26 bits per heavy atom. The molecule has 1 saturated carbocycles. The lowest BCUT2D eigenvalue weighted by molar-refractivity contribution is -0.274. The number of halogens is 4. The van der Waals surface area contributed by atoms with Crippen LogP contribution in [0.2, 0.25) is 0 Å². The Hall–Kier alpha value is -3.02. The Kier molecular flexibility index (Phi) is 7.83. The van der Waals surface area contributed by atoms with Gasteiger partial charge in [-0.25, -0.2) is 5.01 Å². The molecular weight excluding hydrogens is 493 g/mol. The molecule has 1 aromatic rings. The minimum atomic E-state index is -4.82. The van der Waals surface area contributed by atoms with E-state index in [1.165, 1.54) is 17.0 Å². The van der Waals surface area contributed by atoms with E-state index in [1.54, 1.807) is 6.92 Å². The van der Waals surface area contributed by atoms with E-state index in [1.807, 2.05) is 0 Å². The summed E-state index contributed by atoms with van der Waals surface area (Å²) in [5.41, 5.74) is 7.15. The van der Waals surface area contributed by atoms with E-state index in [9.17, 15) is 32.3 Å². The minimum absolute atomic E-state index is 0.259. The van der Waals surface area contributed by atoms with Gasteiger partial charge in [0, 0.05) is 6.54 Å². The van der Waals surface area contributed by atoms with Crippen LogP contribution in [-0.4, -0.2) is 64.4 Å². The number of benzene rings is 1. The van der Waals surface area contributed by atoms with E-state index >= 15 is 0 Å². The summed E-state index contributed by atoms with van der Waals surface area (Å²) in [4.78, 5) is 51.7. The lowest BCUT2D eigenvalue weighted by Crippen LogP contribution is -2.57. The van der Waals surface area contributed by atoms with Gasteiger partial charge in [0.1, 0.15) is 23.7 Å². The molecule has 0 aromatic heterocycles. The maximum absolute atomic E-state index is 13.5. The van der Waals surface area contributed by atoms with Gasteiger partial charge in [-0.1, -0.05) is 19.1 Å². The maximum atomic E-state index is 13.5. The number of carbonyl (C=O) groups excluding carboxylic acids is 4. The van der Waals surface area contributed by atoms with Crippen molar-refractivity contribution in [3.63, 3.8) is 0 Å². The number of amides is 4. The molecule has 1 aromatic carbocycles. The number of nitrogens with zero attached hydrogens (tertiary/aromatic N) is 2. The molecule has 2 atom stereocenters. The van der Waals surface area contributed by atoms with Crippen LogP contribution in [0.4, 0.5) is 13.2 Å². The molecular formula is C22H26ClF3N4O5. The molecule has 2 aliphatic rings. The van der Waals surface area contributed by atoms with Gasteiger partial charge in [0.2, 0.25) is 11.8 Å². The molecule has 3 rings (SSSR count). The molecule has 13 heteroatoms. The van der Waals surface area contributed by atoms with Gasteiger partial charge in [-0.3, -0.25) is 24.6 Å². The third kappa shape index (κ3) is 6.16. The van der Waals surface area contributed by atoms with Crippen molar-refractivity contribution in [3.05, 3.63) is 29.8 Å². The zero-order valence-electron chi connectivity index (χ0n) is 18.9. The first kappa shape index (κ1) is 26.6. The quantitative estimate of drug-likeness (QED) is 0.402. The van der Waals surface area contributed by atoms with Crippen molar-refractivity contribution < 1.29 is 37.1 Å². The van der Waals surface area contributed by atoms with E-state index < -0.39 is 53.2 Å². The van der Waals surface area contributed by atoms with Crippen LogP contribution in [0, 0.1) is 0 Å². The monoisotopic (exact) mass is 518 g/mol. The molecule has 35 heavy (non-hydrogen) atoms. The predicted octanol–water partition coefficient (Wildman–Crippen LogP) is 1.97. The van der Waals surface area contributed by atoms with Crippen LogP contribution in [0.3, 0.4) is 0 Å². The van der Waals surface area contributed by atoms with Crippen molar-refractivity contribution in [1.82, 2.24) is 15.3 Å². The Morgan fingerprint density at radius 3 is 2.40 bits per heavy atom. The van der Waals surface area contributed by atoms with Crippen LogP contribution in [0.1, 0.15) is 44.6 Å². The van der Waals surface area contributed by atoms with E-state index in [4.69, 9.17) is 17.3 Å². The summed E-state index contributed by atoms with van der Waals surface area (Å²) in [7, 11) is 0. The summed E-state index contributed by atoms with van der Waals surface area (Å²) in [5, 5.41) is -0.214. The van der Waals surface area contributed by atoms with E-state index in [-0.39, 0.29) is 12.3 Å². The van der Waals surface area contributed by atoms with Crippen LogP contribution < -0.4 is 15.9 Å². The van der Waals surface area contributed by atoms with Crippen LogP contribution in [0.25, 0.3) is 0 Å². The minimum Gasteiger partial charge on any atom is -0.406 e. The lowest BCUT2D eigenvalue weighted by Gasteiger charge is -2.31. The second kappa shape index (κ2) is 10.3. The maximum Gasteiger partial charge on any atom is 0.573 e. The summed E-state index contributed by atoms with van der Waals surface area (Å²) < 4.78 is 41.2. The van der Waals surface area contributed by atoms with Crippen molar-refractivity contribution in [3.8, 4) is 5.75 Å². The number of hydrazine groups is 1. The number of rotatable bonds is 8. The van der Waals surface area contributed by atoms with Crippen molar-refractivity contribution in [1.29, 1.82) is 0 Å². The summed E-state index contributed by atoms with van der Waals surface area (Å²) in [5.74, 6) is -2.93. The molecule has 1 heterocycles. The third-order valence-corrected chi connectivity index (χ3v) is 6.56. The lowest BCUT2D eigenvalue weighted by atomic mass is 9.94. The largest absolute Gasteiger partial charge is 0.573 e. The molecule has 192 valence electrons. The van der Waals surface area contributed by atoms with Gasteiger partial charge in [-0.15, -0.1) is 24.8 Å². The number of primary amides is 1. The first-order valence-corrected chi connectivity index (χ1v) is 11.5. The van der Waals surface area contributed by atoms with Crippen LogP contribution >= 0.6 is 11.6 Å². The van der Waals surface area contributed by atoms with Crippen LogP contribution in [0.5, 0.6) is 5.75 Å². The first-order valence-electron chi connectivity index (χ1n) is 11.1. The summed E-state index contributed by atoms with van der Waals surface area (Å²) in [6, 6.07) is 4.22. The number of ether oxygens (including phenoxy) is 1. The zero-order chi connectivity index (χ0) is 26.0. The highest BCUT2D eigenvalue weighted by atomic mass is 35.5. The van der Waals surface area contributed by atoms with Gasteiger partial charge in [0.05, 0.1) is 5.41 Å². The smallest absolute Gasteiger partial charge is 0.406 e. The number of nitrogens with two attached hydrogens (primary N) is 1. The standard InChI is InChI=1S/C22H26ClF3N4O5/c1-2-15(23)19(33)30(12-17(27)31)28-18(32)16-4-3-11-29(16)20(34)21(9-10-21)13-5-7-14(8-6-13)35-22(24,25)26/h5-8,15-16H,2-4,9-12H2,1H3,(H2,27,31)(H,28,32)/t15?,16-/m0/s1. The Morgan fingerprint density at radius 2 is 1.89 bits per heavy atom. The van der Waals surface area contributed by atoms with Gasteiger partial charge >= 0.3 is 6.36 Å². The van der Waals surface area contributed by atoms with E-state index in [2.05, 4.69) is 10.2 Å². The fraction of sp³-hybridized carbons (Fsp3) is 0.545. The number of hydrogen-bond acceptors (Lipinski definition) is 5. The zero-order valence-corrected chi connectivity index (χ0v) is 19.7. The van der Waals surface area contributed by atoms with Gasteiger partial charge in [-0.2, -0.15) is 0 Å². The number of hydrogen-bond donors (Lipinski definition) is 2. The number of alkyl halides is 4. The van der Waals surface area contributed by atoms with Crippen molar-refractivity contribution in [2.75, 3.05) is 13.1 Å². The molecule has 1 aliphatic carbocycles. The molecule has 1 aliphatic heterocycles. The van der Waals surface area contributed by atoms with Gasteiger partial charge in [0.15, 0.2) is 0 Å². The van der Waals surface area contributed by atoms with Crippen LogP contribution in [0.15, 0.2) is 24.3 Å². The third-order valence-electron chi connectivity index (χ3n) is 6.07. The topological polar surface area (TPSA) is 122 Å². The molecule has 0 radical (unpaired) electrons. The second-order valence-electron chi connectivity index (χ2n) is 8.55. The molecule has 4 amide bonds. The van der Waals surface area contributed by atoms with Gasteiger partial charge < -0.3 is 15.4 Å². The fourth-order valence-electron chi connectivity index (χ4n) is 4.16. The van der Waals surface area contributed by atoms with E-state index in [0.29, 0.717) is 37.8 Å². The predicted molar refractivity (Wildman–Crippen MR) is 118 cm³/mol. The number of likely N-dealkylation sites (tertiary alicyclic amines) is 1. The number of carbonyl (C=O) groups is 4. The van der Waals surface area contributed by atoms with E-state index in [0.717, 1.165) is 17.1 Å². The molecule has 3 N–H and O–H groups in total. The Labute approximate surface area is 204 Å². The Bertz CT molecular complexity index is 984. The Balaban J connectivity index is 1.73. The molecule has 1 saturated heterocycles. The molecule has 0 spiro atoms. The normalized spacial score (nSPS) is 19.6. The first-order chi connectivity index (χ1) is 16.4. The highest BCUT2D eigenvalue weighted by molar-refractivity contribution is 6.30. The molecule has 2 fully saturated rings.